The summed E-state index contributed by atoms with van der Waals surface area (Å²) in [4.78, 5) is 12.4. The van der Waals surface area contributed by atoms with Crippen molar-refractivity contribution in [2.24, 2.45) is 0 Å². The first kappa shape index (κ1) is 22.6. The molecule has 9 heteroatoms. The fourth-order valence-electron chi connectivity index (χ4n) is 2.56. The maximum atomic E-state index is 12.8. The molecule has 0 saturated carbocycles. The number of methoxy groups -OCH3 is 2. The number of hydrogen-bond acceptors (Lipinski definition) is 5. The van der Waals surface area contributed by atoms with E-state index in [4.69, 9.17) is 14.2 Å². The zero-order valence-corrected chi connectivity index (χ0v) is 16.5. The predicted octanol–water partition coefficient (Wildman–Crippen LogP) is 4.67. The molecule has 0 aliphatic heterocycles. The molecule has 2 aromatic rings. The van der Waals surface area contributed by atoms with Crippen LogP contribution in [0.1, 0.15) is 18.1 Å². The minimum absolute atomic E-state index is 0.0853. The van der Waals surface area contributed by atoms with Gasteiger partial charge in [-0.25, -0.2) is 0 Å². The van der Waals surface area contributed by atoms with Crippen LogP contribution in [0.5, 0.6) is 17.2 Å². The van der Waals surface area contributed by atoms with Crippen molar-refractivity contribution in [2.75, 3.05) is 26.1 Å². The molecule has 0 spiro atoms. The number of halogens is 3. The lowest BCUT2D eigenvalue weighted by Crippen LogP contribution is -2.14. The van der Waals surface area contributed by atoms with E-state index in [0.717, 1.165) is 18.2 Å². The Morgan fingerprint density at radius 3 is 2.30 bits per heavy atom. The predicted molar refractivity (Wildman–Crippen MR) is 104 cm³/mol. The second kappa shape index (κ2) is 9.69. The Balaban J connectivity index is 2.35. The molecule has 2 aromatic carbocycles. The topological polar surface area (TPSA) is 80.6 Å². The van der Waals surface area contributed by atoms with Crippen LogP contribution in [0.25, 0.3) is 6.08 Å². The maximum Gasteiger partial charge on any atom is 0.416 e. The molecule has 0 bridgehead atoms. The molecular formula is C21H19F3N2O4. The fourth-order valence-corrected chi connectivity index (χ4v) is 2.56. The molecule has 158 valence electrons. The van der Waals surface area contributed by atoms with Crippen molar-refractivity contribution in [3.63, 3.8) is 0 Å². The van der Waals surface area contributed by atoms with Crippen molar-refractivity contribution in [1.29, 1.82) is 5.26 Å². The van der Waals surface area contributed by atoms with Crippen LogP contribution in [0.2, 0.25) is 0 Å². The first-order valence-electron chi connectivity index (χ1n) is 8.72. The normalized spacial score (nSPS) is 11.4. The van der Waals surface area contributed by atoms with Gasteiger partial charge >= 0.3 is 6.18 Å². The molecule has 0 aliphatic rings. The van der Waals surface area contributed by atoms with Gasteiger partial charge < -0.3 is 19.5 Å². The number of nitriles is 1. The lowest BCUT2D eigenvalue weighted by molar-refractivity contribution is -0.137. The summed E-state index contributed by atoms with van der Waals surface area (Å²) in [7, 11) is 2.85. The van der Waals surface area contributed by atoms with Gasteiger partial charge in [0.15, 0.2) is 11.5 Å². The molecule has 0 fully saturated rings. The van der Waals surface area contributed by atoms with E-state index >= 15 is 0 Å². The molecule has 2 rings (SSSR count). The van der Waals surface area contributed by atoms with E-state index in [0.29, 0.717) is 29.4 Å². The summed E-state index contributed by atoms with van der Waals surface area (Å²) >= 11 is 0. The number of anilines is 1. The molecule has 0 saturated heterocycles. The molecule has 0 radical (unpaired) electrons. The zero-order valence-electron chi connectivity index (χ0n) is 16.5. The minimum Gasteiger partial charge on any atom is -0.493 e. The Hall–Kier alpha value is -3.67. The van der Waals surface area contributed by atoms with E-state index in [1.165, 1.54) is 26.4 Å². The van der Waals surface area contributed by atoms with E-state index < -0.39 is 17.6 Å². The number of benzene rings is 2. The smallest absolute Gasteiger partial charge is 0.416 e. The molecule has 30 heavy (non-hydrogen) atoms. The molecular weight excluding hydrogens is 401 g/mol. The van der Waals surface area contributed by atoms with Gasteiger partial charge in [-0.3, -0.25) is 4.79 Å². The SMILES string of the molecule is CCOc1c(OC)cc(C=C(C#N)C(=O)Nc2cccc(C(F)(F)F)c2)cc1OC. The lowest BCUT2D eigenvalue weighted by Gasteiger charge is -2.14. The first-order chi connectivity index (χ1) is 14.2. The van der Waals surface area contributed by atoms with Crippen molar-refractivity contribution in [3.05, 3.63) is 53.1 Å². The lowest BCUT2D eigenvalue weighted by atomic mass is 10.1. The summed E-state index contributed by atoms with van der Waals surface area (Å²) in [6.07, 6.45) is -3.28. The van der Waals surface area contributed by atoms with Gasteiger partial charge in [0.1, 0.15) is 11.6 Å². The number of alkyl halides is 3. The standard InChI is InChI=1S/C21H19F3N2O4/c1-4-30-19-17(28-2)9-13(10-18(19)29-3)8-14(12-25)20(27)26-16-7-5-6-15(11-16)21(22,23)24/h5-11H,4H2,1-3H3,(H,26,27). The Kier molecular flexibility index (Phi) is 7.31. The maximum absolute atomic E-state index is 12.8. The monoisotopic (exact) mass is 420 g/mol. The average molecular weight is 420 g/mol. The van der Waals surface area contributed by atoms with Crippen LogP contribution in [0.3, 0.4) is 0 Å². The summed E-state index contributed by atoms with van der Waals surface area (Å²) in [6, 6.07) is 8.96. The second-order valence-corrected chi connectivity index (χ2v) is 5.89. The Morgan fingerprint density at radius 2 is 1.80 bits per heavy atom. The van der Waals surface area contributed by atoms with Crippen molar-refractivity contribution >= 4 is 17.7 Å². The average Bonchev–Trinajstić information content (AvgIpc) is 2.72. The van der Waals surface area contributed by atoms with Gasteiger partial charge in [-0.2, -0.15) is 18.4 Å². The third-order valence-corrected chi connectivity index (χ3v) is 3.90. The molecule has 6 nitrogen and oxygen atoms in total. The van der Waals surface area contributed by atoms with E-state index in [2.05, 4.69) is 5.32 Å². The Morgan fingerprint density at radius 1 is 1.17 bits per heavy atom. The summed E-state index contributed by atoms with van der Waals surface area (Å²) in [6.45, 7) is 2.16. The molecule has 0 aliphatic carbocycles. The molecule has 0 atom stereocenters. The number of hydrogen-bond donors (Lipinski definition) is 1. The number of rotatable bonds is 7. The van der Waals surface area contributed by atoms with Gasteiger partial charge in [-0.05, 0) is 48.9 Å². The van der Waals surface area contributed by atoms with Crippen LogP contribution < -0.4 is 19.5 Å². The van der Waals surface area contributed by atoms with Crippen molar-refractivity contribution in [1.82, 2.24) is 0 Å². The third-order valence-electron chi connectivity index (χ3n) is 3.90. The number of amides is 1. The largest absolute Gasteiger partial charge is 0.493 e. The summed E-state index contributed by atoms with van der Waals surface area (Å²) in [5.41, 5.74) is -0.912. The van der Waals surface area contributed by atoms with E-state index in [-0.39, 0.29) is 11.3 Å². The van der Waals surface area contributed by atoms with Gasteiger partial charge in [-0.15, -0.1) is 0 Å². The quantitative estimate of drug-likeness (QED) is 0.520. The van der Waals surface area contributed by atoms with Gasteiger partial charge in [-0.1, -0.05) is 6.07 Å². The number of nitrogens with zero attached hydrogens (tertiary/aromatic N) is 1. The van der Waals surface area contributed by atoms with Crippen LogP contribution in [0.15, 0.2) is 42.0 Å². The number of carbonyl (C=O) groups is 1. The van der Waals surface area contributed by atoms with Crippen LogP contribution in [-0.2, 0) is 11.0 Å². The van der Waals surface area contributed by atoms with Crippen LogP contribution in [0, 0.1) is 11.3 Å². The third kappa shape index (κ3) is 5.44. The number of ether oxygens (including phenoxy) is 3. The van der Waals surface area contributed by atoms with E-state index in [9.17, 15) is 23.2 Å². The van der Waals surface area contributed by atoms with E-state index in [1.807, 2.05) is 0 Å². The summed E-state index contributed by atoms with van der Waals surface area (Å²) < 4.78 is 54.6. The number of nitrogens with one attached hydrogen (secondary N) is 1. The van der Waals surface area contributed by atoms with Gasteiger partial charge in [0, 0.05) is 5.69 Å². The highest BCUT2D eigenvalue weighted by Gasteiger charge is 2.30. The zero-order chi connectivity index (χ0) is 22.3. The number of carbonyl (C=O) groups excluding carboxylic acids is 1. The highest BCUT2D eigenvalue weighted by atomic mass is 19.4. The van der Waals surface area contributed by atoms with Gasteiger partial charge in [0.2, 0.25) is 5.75 Å². The second-order valence-electron chi connectivity index (χ2n) is 5.89. The highest BCUT2D eigenvalue weighted by Crippen LogP contribution is 2.39. The Labute approximate surface area is 171 Å². The van der Waals surface area contributed by atoms with E-state index in [1.54, 1.807) is 25.1 Å². The van der Waals surface area contributed by atoms with Gasteiger partial charge in [0.05, 0.1) is 26.4 Å². The van der Waals surface area contributed by atoms with Crippen LogP contribution >= 0.6 is 0 Å². The summed E-state index contributed by atoms with van der Waals surface area (Å²) in [5, 5.41) is 11.7. The van der Waals surface area contributed by atoms with Crippen molar-refractivity contribution in [2.45, 2.75) is 13.1 Å². The molecule has 1 N–H and O–H groups in total. The molecule has 1 amide bonds. The minimum atomic E-state index is -4.55. The highest BCUT2D eigenvalue weighted by molar-refractivity contribution is 6.09. The van der Waals surface area contributed by atoms with Crippen molar-refractivity contribution in [3.8, 4) is 23.3 Å². The fraction of sp³-hybridized carbons (Fsp3) is 0.238. The van der Waals surface area contributed by atoms with Crippen molar-refractivity contribution < 1.29 is 32.2 Å². The molecule has 0 heterocycles. The molecule has 0 unspecified atom stereocenters. The van der Waals surface area contributed by atoms with Gasteiger partial charge in [0.25, 0.3) is 5.91 Å². The summed E-state index contributed by atoms with van der Waals surface area (Å²) in [5.74, 6) is 0.172. The molecule has 0 aromatic heterocycles. The van der Waals surface area contributed by atoms with Crippen LogP contribution in [-0.4, -0.2) is 26.7 Å². The Bertz CT molecular complexity index is 969. The first-order valence-corrected chi connectivity index (χ1v) is 8.72. The van der Waals surface area contributed by atoms with Crippen LogP contribution in [0.4, 0.5) is 18.9 Å².